The number of aromatic nitrogens is 2. The minimum Gasteiger partial charge on any atom is -0.381 e. The lowest BCUT2D eigenvalue weighted by atomic mass is 9.93. The van der Waals surface area contributed by atoms with E-state index in [2.05, 4.69) is 15.3 Å². The predicted molar refractivity (Wildman–Crippen MR) is 46.2 cm³/mol. The van der Waals surface area contributed by atoms with Crippen LogP contribution in [0.2, 0.25) is 0 Å². The summed E-state index contributed by atoms with van der Waals surface area (Å²) in [7, 11) is 0. The largest absolute Gasteiger partial charge is 0.381 e. The summed E-state index contributed by atoms with van der Waals surface area (Å²) in [5.74, 6) is 0. The van der Waals surface area contributed by atoms with Crippen molar-refractivity contribution in [2.45, 2.75) is 5.60 Å². The van der Waals surface area contributed by atoms with Gasteiger partial charge in [-0.15, -0.1) is 0 Å². The Bertz CT molecular complexity index is 345. The van der Waals surface area contributed by atoms with Crippen LogP contribution in [0.1, 0.15) is 5.69 Å². The first kappa shape index (κ1) is 7.85. The summed E-state index contributed by atoms with van der Waals surface area (Å²) >= 11 is 4.84. The summed E-state index contributed by atoms with van der Waals surface area (Å²) < 4.78 is 0.410. The minimum atomic E-state index is -0.767. The third-order valence-corrected chi connectivity index (χ3v) is 2.22. The molecule has 1 aliphatic heterocycles. The topological polar surface area (TPSA) is 60.9 Å². The maximum atomic E-state index is 9.84. The van der Waals surface area contributed by atoms with Crippen LogP contribution in [-0.2, 0) is 5.60 Å². The molecule has 0 spiro atoms. The summed E-state index contributed by atoms with van der Waals surface area (Å²) in [4.78, 5) is 6.70. The van der Waals surface area contributed by atoms with E-state index in [4.69, 9.17) is 12.2 Å². The zero-order valence-electron chi connectivity index (χ0n) is 6.37. The SMILES string of the molecule is OC1(c2ccnc(=S)[nH]2)CNC1. The molecule has 0 amide bonds. The normalized spacial score (nSPS) is 20.1. The number of nitrogens with zero attached hydrogens (tertiary/aromatic N) is 1. The Morgan fingerprint density at radius 1 is 1.58 bits per heavy atom. The first-order valence-electron chi connectivity index (χ1n) is 3.70. The molecule has 3 N–H and O–H groups in total. The lowest BCUT2D eigenvalue weighted by Gasteiger charge is -2.37. The molecule has 2 heterocycles. The average molecular weight is 183 g/mol. The summed E-state index contributed by atoms with van der Waals surface area (Å²) in [5, 5.41) is 12.8. The first-order chi connectivity index (χ1) is 5.71. The maximum absolute atomic E-state index is 9.84. The van der Waals surface area contributed by atoms with E-state index in [1.165, 1.54) is 0 Å². The molecule has 5 heteroatoms. The van der Waals surface area contributed by atoms with E-state index in [1.54, 1.807) is 12.3 Å². The molecule has 0 aromatic carbocycles. The van der Waals surface area contributed by atoms with Gasteiger partial charge in [-0.3, -0.25) is 0 Å². The lowest BCUT2D eigenvalue weighted by Crippen LogP contribution is -2.57. The van der Waals surface area contributed by atoms with E-state index >= 15 is 0 Å². The second-order valence-corrected chi connectivity index (χ2v) is 3.31. The maximum Gasteiger partial charge on any atom is 0.197 e. The van der Waals surface area contributed by atoms with Crippen LogP contribution in [0.15, 0.2) is 12.3 Å². The zero-order valence-corrected chi connectivity index (χ0v) is 7.19. The van der Waals surface area contributed by atoms with Crippen molar-refractivity contribution in [3.63, 3.8) is 0 Å². The van der Waals surface area contributed by atoms with Crippen molar-refractivity contribution in [2.75, 3.05) is 13.1 Å². The fourth-order valence-corrected chi connectivity index (χ4v) is 1.36. The van der Waals surface area contributed by atoms with Crippen LogP contribution in [0.3, 0.4) is 0 Å². The van der Waals surface area contributed by atoms with Crippen molar-refractivity contribution in [1.82, 2.24) is 15.3 Å². The highest BCUT2D eigenvalue weighted by Gasteiger charge is 2.36. The summed E-state index contributed by atoms with van der Waals surface area (Å²) in [6.45, 7) is 1.14. The number of β-amino-alcohol motifs (C(OH)–C–C–N with tert-alkyl or cyclic N) is 1. The molecule has 2 rings (SSSR count). The van der Waals surface area contributed by atoms with Crippen LogP contribution in [-0.4, -0.2) is 28.2 Å². The molecule has 1 saturated heterocycles. The summed E-state index contributed by atoms with van der Waals surface area (Å²) in [5.41, 5.74) is -0.0301. The highest BCUT2D eigenvalue weighted by molar-refractivity contribution is 7.71. The van der Waals surface area contributed by atoms with Gasteiger partial charge in [0, 0.05) is 19.3 Å². The van der Waals surface area contributed by atoms with Crippen LogP contribution in [0.5, 0.6) is 0 Å². The van der Waals surface area contributed by atoms with Gasteiger partial charge in [-0.25, -0.2) is 4.98 Å². The Balaban J connectivity index is 2.39. The molecule has 1 aliphatic rings. The monoisotopic (exact) mass is 183 g/mol. The Kier molecular flexibility index (Phi) is 1.71. The van der Waals surface area contributed by atoms with Gasteiger partial charge in [0.2, 0.25) is 0 Å². The van der Waals surface area contributed by atoms with Gasteiger partial charge < -0.3 is 15.4 Å². The summed E-state index contributed by atoms with van der Waals surface area (Å²) in [6, 6.07) is 1.75. The molecule has 1 aromatic rings. The van der Waals surface area contributed by atoms with Gasteiger partial charge in [-0.2, -0.15) is 0 Å². The number of aliphatic hydroxyl groups is 1. The van der Waals surface area contributed by atoms with Gasteiger partial charge in [-0.1, -0.05) is 0 Å². The fraction of sp³-hybridized carbons (Fsp3) is 0.429. The van der Waals surface area contributed by atoms with E-state index in [1.807, 2.05) is 0 Å². The van der Waals surface area contributed by atoms with Crippen molar-refractivity contribution in [3.8, 4) is 0 Å². The molecule has 0 saturated carbocycles. The second-order valence-electron chi connectivity index (χ2n) is 2.92. The zero-order chi connectivity index (χ0) is 8.60. The van der Waals surface area contributed by atoms with Crippen molar-refractivity contribution in [3.05, 3.63) is 22.7 Å². The quantitative estimate of drug-likeness (QED) is 0.533. The Hall–Kier alpha value is -0.780. The molecular weight excluding hydrogens is 174 g/mol. The molecule has 0 bridgehead atoms. The predicted octanol–water partition coefficient (Wildman–Crippen LogP) is -0.0700. The van der Waals surface area contributed by atoms with E-state index in [9.17, 15) is 5.11 Å². The van der Waals surface area contributed by atoms with Crippen molar-refractivity contribution >= 4 is 12.2 Å². The molecule has 0 atom stereocenters. The Morgan fingerprint density at radius 3 is 2.83 bits per heavy atom. The number of hydrogen-bond acceptors (Lipinski definition) is 4. The van der Waals surface area contributed by atoms with Gasteiger partial charge in [-0.05, 0) is 18.3 Å². The van der Waals surface area contributed by atoms with Crippen molar-refractivity contribution in [2.24, 2.45) is 0 Å². The van der Waals surface area contributed by atoms with Gasteiger partial charge in [0.15, 0.2) is 4.77 Å². The number of aromatic amines is 1. The van der Waals surface area contributed by atoms with Crippen LogP contribution in [0.4, 0.5) is 0 Å². The molecular formula is C7H9N3OS. The average Bonchev–Trinajstić information content (AvgIpc) is 2.00. The fourth-order valence-electron chi connectivity index (χ4n) is 1.19. The third-order valence-electron chi connectivity index (χ3n) is 2.01. The number of H-pyrrole nitrogens is 1. The third kappa shape index (κ3) is 1.16. The highest BCUT2D eigenvalue weighted by Crippen LogP contribution is 2.22. The molecule has 64 valence electrons. The molecule has 0 radical (unpaired) electrons. The number of nitrogens with one attached hydrogen (secondary N) is 2. The van der Waals surface area contributed by atoms with E-state index in [-0.39, 0.29) is 0 Å². The van der Waals surface area contributed by atoms with Gasteiger partial charge in [0.05, 0.1) is 5.69 Å². The van der Waals surface area contributed by atoms with Crippen molar-refractivity contribution < 1.29 is 5.11 Å². The Labute approximate surface area is 74.7 Å². The molecule has 12 heavy (non-hydrogen) atoms. The molecule has 4 nitrogen and oxygen atoms in total. The van der Waals surface area contributed by atoms with Gasteiger partial charge in [0.1, 0.15) is 5.60 Å². The van der Waals surface area contributed by atoms with Crippen LogP contribution in [0.25, 0.3) is 0 Å². The molecule has 1 fully saturated rings. The smallest absolute Gasteiger partial charge is 0.197 e. The number of hydrogen-bond donors (Lipinski definition) is 3. The van der Waals surface area contributed by atoms with Gasteiger partial charge >= 0.3 is 0 Å². The van der Waals surface area contributed by atoms with Crippen molar-refractivity contribution in [1.29, 1.82) is 0 Å². The second kappa shape index (κ2) is 2.62. The highest BCUT2D eigenvalue weighted by atomic mass is 32.1. The standard InChI is InChI=1S/C7H9N3OS/c11-7(3-8-4-7)5-1-2-9-6(12)10-5/h1-2,8,11H,3-4H2,(H,9,10,12). The molecule has 0 unspecified atom stereocenters. The van der Waals surface area contributed by atoms with E-state index in [0.717, 1.165) is 5.69 Å². The summed E-state index contributed by atoms with van der Waals surface area (Å²) in [6.07, 6.45) is 1.60. The minimum absolute atomic E-state index is 0.410. The van der Waals surface area contributed by atoms with E-state index < -0.39 is 5.60 Å². The lowest BCUT2D eigenvalue weighted by molar-refractivity contribution is -0.0187. The molecule has 1 aromatic heterocycles. The Morgan fingerprint density at radius 2 is 2.33 bits per heavy atom. The number of rotatable bonds is 1. The molecule has 0 aliphatic carbocycles. The van der Waals surface area contributed by atoms with E-state index in [0.29, 0.717) is 17.9 Å². The van der Waals surface area contributed by atoms with Crippen LogP contribution in [0, 0.1) is 4.77 Å². The van der Waals surface area contributed by atoms with Crippen LogP contribution < -0.4 is 5.32 Å². The first-order valence-corrected chi connectivity index (χ1v) is 4.10. The van der Waals surface area contributed by atoms with Gasteiger partial charge in [0.25, 0.3) is 0 Å². The van der Waals surface area contributed by atoms with Crippen LogP contribution >= 0.6 is 12.2 Å².